The van der Waals surface area contributed by atoms with Crippen LogP contribution in [0.15, 0.2) is 40.8 Å². The number of nitrogens with one attached hydrogen (secondary N) is 1. The van der Waals surface area contributed by atoms with Gasteiger partial charge in [0.1, 0.15) is 12.4 Å². The number of aryl methyl sites for hydroxylation is 1. The van der Waals surface area contributed by atoms with Crippen LogP contribution in [0.3, 0.4) is 0 Å². The van der Waals surface area contributed by atoms with Crippen LogP contribution in [0.4, 0.5) is 0 Å². The van der Waals surface area contributed by atoms with Gasteiger partial charge in [-0.25, -0.2) is 4.79 Å². The smallest absolute Gasteiger partial charge is 0.374 e. The van der Waals surface area contributed by atoms with Crippen LogP contribution in [0.25, 0.3) is 10.9 Å². The van der Waals surface area contributed by atoms with Crippen molar-refractivity contribution >= 4 is 22.7 Å². The van der Waals surface area contributed by atoms with Gasteiger partial charge in [0.15, 0.2) is 6.61 Å². The Morgan fingerprint density at radius 3 is 2.75 bits per heavy atom. The van der Waals surface area contributed by atoms with Gasteiger partial charge in [-0.15, -0.1) is 0 Å². The van der Waals surface area contributed by atoms with Gasteiger partial charge in [-0.05, 0) is 25.1 Å². The van der Waals surface area contributed by atoms with E-state index in [0.717, 1.165) is 16.6 Å². The molecule has 1 aromatic carbocycles. The molecular formula is C18H17NO5. The maximum absolute atomic E-state index is 12.4. The summed E-state index contributed by atoms with van der Waals surface area (Å²) in [4.78, 5) is 27.6. The highest BCUT2D eigenvalue weighted by molar-refractivity contribution is 6.10. The van der Waals surface area contributed by atoms with E-state index in [1.54, 1.807) is 6.07 Å². The van der Waals surface area contributed by atoms with Crippen molar-refractivity contribution in [3.05, 3.63) is 59.2 Å². The molecule has 0 aliphatic rings. The van der Waals surface area contributed by atoms with Crippen molar-refractivity contribution in [2.45, 2.75) is 13.5 Å². The molecule has 0 saturated heterocycles. The summed E-state index contributed by atoms with van der Waals surface area (Å²) in [7, 11) is 1.53. The summed E-state index contributed by atoms with van der Waals surface area (Å²) in [5, 5.41) is 0.816. The van der Waals surface area contributed by atoms with Crippen molar-refractivity contribution in [2.75, 3.05) is 13.7 Å². The van der Waals surface area contributed by atoms with E-state index < -0.39 is 5.97 Å². The molecule has 124 valence electrons. The number of aromatic amines is 1. The number of hydrogen-bond acceptors (Lipinski definition) is 5. The van der Waals surface area contributed by atoms with Crippen LogP contribution in [0, 0.1) is 6.92 Å². The highest BCUT2D eigenvalue weighted by Gasteiger charge is 2.19. The van der Waals surface area contributed by atoms with Crippen LogP contribution in [0.1, 0.15) is 32.4 Å². The Morgan fingerprint density at radius 2 is 1.96 bits per heavy atom. The summed E-state index contributed by atoms with van der Waals surface area (Å²) >= 11 is 0. The number of carbonyl (C=O) groups is 2. The minimum absolute atomic E-state index is 0.0468. The molecule has 0 saturated carbocycles. The van der Waals surface area contributed by atoms with Gasteiger partial charge in [0.25, 0.3) is 0 Å². The standard InChI is InChI=1S/C18H17NO5/c1-11-17(13-5-3-4-6-14(13)19-11)15(20)10-23-18(21)16-8-7-12(24-16)9-22-2/h3-8,19H,9-10H2,1-2H3. The van der Waals surface area contributed by atoms with Gasteiger partial charge in [0, 0.05) is 29.3 Å². The molecule has 0 bridgehead atoms. The third-order valence-electron chi connectivity index (χ3n) is 3.66. The summed E-state index contributed by atoms with van der Waals surface area (Å²) in [6, 6.07) is 10.6. The number of aromatic nitrogens is 1. The van der Waals surface area contributed by atoms with Crippen molar-refractivity contribution in [3.8, 4) is 0 Å². The number of H-pyrrole nitrogens is 1. The number of carbonyl (C=O) groups excluding carboxylic acids is 2. The number of para-hydroxylation sites is 1. The Balaban J connectivity index is 1.70. The van der Waals surface area contributed by atoms with Crippen LogP contribution in [-0.4, -0.2) is 30.5 Å². The molecule has 0 unspecified atom stereocenters. The van der Waals surface area contributed by atoms with E-state index in [1.165, 1.54) is 13.2 Å². The second kappa shape index (κ2) is 6.72. The number of fused-ring (bicyclic) bond motifs is 1. The Hall–Kier alpha value is -2.86. The first-order chi connectivity index (χ1) is 11.6. The van der Waals surface area contributed by atoms with Crippen molar-refractivity contribution in [1.82, 2.24) is 4.98 Å². The zero-order valence-electron chi connectivity index (χ0n) is 13.4. The second-order valence-electron chi connectivity index (χ2n) is 5.37. The Bertz CT molecular complexity index is 890. The van der Waals surface area contributed by atoms with Crippen LogP contribution in [0.5, 0.6) is 0 Å². The van der Waals surface area contributed by atoms with Crippen molar-refractivity contribution in [1.29, 1.82) is 0 Å². The average molecular weight is 327 g/mol. The number of esters is 1. The van der Waals surface area contributed by atoms with Crippen molar-refractivity contribution in [3.63, 3.8) is 0 Å². The fourth-order valence-electron chi connectivity index (χ4n) is 2.62. The molecule has 2 aromatic heterocycles. The molecule has 6 heteroatoms. The normalized spacial score (nSPS) is 10.9. The number of Topliss-reactive ketones (excluding diaryl/α,β-unsaturated/α-hetero) is 1. The zero-order chi connectivity index (χ0) is 17.1. The summed E-state index contributed by atoms with van der Waals surface area (Å²) in [6.07, 6.45) is 0. The van der Waals surface area contributed by atoms with Gasteiger partial charge in [0.2, 0.25) is 11.5 Å². The van der Waals surface area contributed by atoms with Gasteiger partial charge in [-0.1, -0.05) is 18.2 Å². The van der Waals surface area contributed by atoms with Gasteiger partial charge < -0.3 is 18.9 Å². The molecule has 2 heterocycles. The topological polar surface area (TPSA) is 81.5 Å². The first kappa shape index (κ1) is 16.0. The van der Waals surface area contributed by atoms with Crippen LogP contribution in [0.2, 0.25) is 0 Å². The third-order valence-corrected chi connectivity index (χ3v) is 3.66. The average Bonchev–Trinajstić information content (AvgIpc) is 3.16. The van der Waals surface area contributed by atoms with Crippen LogP contribution in [-0.2, 0) is 16.1 Å². The molecule has 24 heavy (non-hydrogen) atoms. The molecule has 3 rings (SSSR count). The predicted molar refractivity (Wildman–Crippen MR) is 87.1 cm³/mol. The number of furan rings is 1. The van der Waals surface area contributed by atoms with Gasteiger partial charge >= 0.3 is 5.97 Å². The van der Waals surface area contributed by atoms with E-state index in [2.05, 4.69) is 4.98 Å². The number of benzene rings is 1. The minimum atomic E-state index is -0.678. The summed E-state index contributed by atoms with van der Waals surface area (Å²) in [5.74, 6) is -0.376. The largest absolute Gasteiger partial charge is 0.452 e. The molecule has 0 spiro atoms. The first-order valence-corrected chi connectivity index (χ1v) is 7.45. The monoisotopic (exact) mass is 327 g/mol. The van der Waals surface area contributed by atoms with Gasteiger partial charge in [0.05, 0.1) is 0 Å². The van der Waals surface area contributed by atoms with Gasteiger partial charge in [-0.3, -0.25) is 4.79 Å². The molecule has 3 aromatic rings. The molecule has 0 atom stereocenters. The van der Waals surface area contributed by atoms with E-state index >= 15 is 0 Å². The maximum Gasteiger partial charge on any atom is 0.374 e. The van der Waals surface area contributed by atoms with E-state index in [1.807, 2.05) is 31.2 Å². The van der Waals surface area contributed by atoms with E-state index in [-0.39, 0.29) is 24.8 Å². The molecule has 0 radical (unpaired) electrons. The van der Waals surface area contributed by atoms with Crippen LogP contribution < -0.4 is 0 Å². The molecule has 0 amide bonds. The fourth-order valence-corrected chi connectivity index (χ4v) is 2.62. The quantitative estimate of drug-likeness (QED) is 0.555. The summed E-state index contributed by atoms with van der Waals surface area (Å²) in [6.45, 7) is 1.74. The first-order valence-electron chi connectivity index (χ1n) is 7.45. The predicted octanol–water partition coefficient (Wildman–Crippen LogP) is 3.26. The molecule has 0 fully saturated rings. The molecule has 1 N–H and O–H groups in total. The Kier molecular flexibility index (Phi) is 4.48. The lowest BCUT2D eigenvalue weighted by atomic mass is 10.1. The summed E-state index contributed by atoms with van der Waals surface area (Å²) < 4.78 is 15.3. The highest BCUT2D eigenvalue weighted by atomic mass is 16.5. The molecular weight excluding hydrogens is 310 g/mol. The van der Waals surface area contributed by atoms with E-state index in [9.17, 15) is 9.59 Å². The van der Waals surface area contributed by atoms with Crippen molar-refractivity contribution < 1.29 is 23.5 Å². The van der Waals surface area contributed by atoms with Crippen molar-refractivity contribution in [2.24, 2.45) is 0 Å². The zero-order valence-corrected chi connectivity index (χ0v) is 13.4. The Morgan fingerprint density at radius 1 is 1.17 bits per heavy atom. The minimum Gasteiger partial charge on any atom is -0.452 e. The van der Waals surface area contributed by atoms with Gasteiger partial charge in [-0.2, -0.15) is 0 Å². The lowest BCUT2D eigenvalue weighted by molar-refractivity contribution is 0.0438. The van der Waals surface area contributed by atoms with E-state index in [4.69, 9.17) is 13.9 Å². The third kappa shape index (κ3) is 3.09. The SMILES string of the molecule is COCc1ccc(C(=O)OCC(=O)c2c(C)[nH]c3ccccc23)o1. The number of rotatable bonds is 6. The highest BCUT2D eigenvalue weighted by Crippen LogP contribution is 2.22. The number of methoxy groups -OCH3 is 1. The Labute approximate surface area is 138 Å². The molecule has 6 nitrogen and oxygen atoms in total. The lowest BCUT2D eigenvalue weighted by Gasteiger charge is -2.03. The molecule has 0 aliphatic carbocycles. The summed E-state index contributed by atoms with van der Waals surface area (Å²) in [5.41, 5.74) is 2.16. The number of hydrogen-bond donors (Lipinski definition) is 1. The van der Waals surface area contributed by atoms with Crippen LogP contribution >= 0.6 is 0 Å². The second-order valence-corrected chi connectivity index (χ2v) is 5.37. The number of ketones is 1. The fraction of sp³-hybridized carbons (Fsp3) is 0.222. The van der Waals surface area contributed by atoms with E-state index in [0.29, 0.717) is 11.3 Å². The number of ether oxygens (including phenoxy) is 2. The molecule has 0 aliphatic heterocycles. The maximum atomic E-state index is 12.4. The lowest BCUT2D eigenvalue weighted by Crippen LogP contribution is -2.14.